The zero-order valence-electron chi connectivity index (χ0n) is 10.2. The Kier molecular flexibility index (Phi) is 4.30. The predicted octanol–water partition coefficient (Wildman–Crippen LogP) is 2.66. The molecule has 0 amide bonds. The van der Waals surface area contributed by atoms with E-state index in [0.717, 1.165) is 6.42 Å². The van der Waals surface area contributed by atoms with Crippen molar-refractivity contribution in [3.8, 4) is 6.07 Å². The molecule has 7 heteroatoms. The highest BCUT2D eigenvalue weighted by molar-refractivity contribution is 7.99. The Hall–Kier alpha value is -1.71. The van der Waals surface area contributed by atoms with Gasteiger partial charge in [0.05, 0.1) is 10.6 Å². The molecule has 0 aliphatic rings. The second-order valence-electron chi connectivity index (χ2n) is 3.79. The van der Waals surface area contributed by atoms with Gasteiger partial charge in [-0.25, -0.2) is 9.89 Å². The molecule has 1 N–H and O–H groups in total. The SMILES string of the molecule is CCCn1c(Sc2cccc(Cl)c2C#N)n[nH]c1=O. The minimum atomic E-state index is -0.245. The number of aromatic amines is 1. The van der Waals surface area contributed by atoms with E-state index in [1.165, 1.54) is 11.8 Å². The van der Waals surface area contributed by atoms with Crippen LogP contribution in [0.4, 0.5) is 0 Å². The molecule has 2 rings (SSSR count). The minimum Gasteiger partial charge on any atom is -0.270 e. The third-order valence-corrected chi connectivity index (χ3v) is 3.83. The van der Waals surface area contributed by atoms with Crippen molar-refractivity contribution >= 4 is 23.4 Å². The Bertz CT molecular complexity index is 686. The fourth-order valence-corrected chi connectivity index (χ4v) is 2.85. The molecule has 0 radical (unpaired) electrons. The van der Waals surface area contributed by atoms with E-state index in [0.29, 0.717) is 27.2 Å². The molecule has 19 heavy (non-hydrogen) atoms. The Morgan fingerprint density at radius 3 is 3.05 bits per heavy atom. The third kappa shape index (κ3) is 2.83. The molecule has 0 aliphatic carbocycles. The summed E-state index contributed by atoms with van der Waals surface area (Å²) in [6.07, 6.45) is 0.827. The number of hydrogen-bond acceptors (Lipinski definition) is 4. The maximum Gasteiger partial charge on any atom is 0.343 e. The summed E-state index contributed by atoms with van der Waals surface area (Å²) in [5.74, 6) is 0. The van der Waals surface area contributed by atoms with Crippen LogP contribution in [0.15, 0.2) is 33.0 Å². The van der Waals surface area contributed by atoms with Crippen molar-refractivity contribution in [1.29, 1.82) is 5.26 Å². The van der Waals surface area contributed by atoms with Gasteiger partial charge in [-0.3, -0.25) is 4.57 Å². The van der Waals surface area contributed by atoms with Gasteiger partial charge in [-0.15, -0.1) is 5.10 Å². The number of rotatable bonds is 4. The number of nitrogens with zero attached hydrogens (tertiary/aromatic N) is 3. The summed E-state index contributed by atoms with van der Waals surface area (Å²) in [5.41, 5.74) is 0.151. The van der Waals surface area contributed by atoms with Gasteiger partial charge in [0, 0.05) is 11.4 Å². The molecule has 0 saturated heterocycles. The molecule has 2 aromatic rings. The number of H-pyrrole nitrogens is 1. The first-order valence-corrected chi connectivity index (χ1v) is 6.88. The van der Waals surface area contributed by atoms with Gasteiger partial charge >= 0.3 is 5.69 Å². The maximum absolute atomic E-state index is 11.6. The van der Waals surface area contributed by atoms with E-state index in [4.69, 9.17) is 16.9 Å². The lowest BCUT2D eigenvalue weighted by atomic mass is 10.2. The van der Waals surface area contributed by atoms with Gasteiger partial charge in [0.15, 0.2) is 5.16 Å². The van der Waals surface area contributed by atoms with Crippen molar-refractivity contribution in [3.63, 3.8) is 0 Å². The highest BCUT2D eigenvalue weighted by atomic mass is 35.5. The van der Waals surface area contributed by atoms with Crippen LogP contribution in [0.2, 0.25) is 5.02 Å². The molecule has 0 fully saturated rings. The van der Waals surface area contributed by atoms with Crippen LogP contribution in [0.25, 0.3) is 0 Å². The van der Waals surface area contributed by atoms with Crippen molar-refractivity contribution in [2.75, 3.05) is 0 Å². The van der Waals surface area contributed by atoms with Crippen molar-refractivity contribution < 1.29 is 0 Å². The van der Waals surface area contributed by atoms with Crippen LogP contribution in [0.1, 0.15) is 18.9 Å². The lowest BCUT2D eigenvalue weighted by Gasteiger charge is -2.05. The number of halogens is 1. The summed E-state index contributed by atoms with van der Waals surface area (Å²) in [5, 5.41) is 16.4. The number of benzene rings is 1. The van der Waals surface area contributed by atoms with Gasteiger partial charge in [0.2, 0.25) is 0 Å². The van der Waals surface area contributed by atoms with E-state index in [9.17, 15) is 4.79 Å². The second kappa shape index (κ2) is 5.95. The van der Waals surface area contributed by atoms with Crippen LogP contribution >= 0.6 is 23.4 Å². The zero-order chi connectivity index (χ0) is 13.8. The van der Waals surface area contributed by atoms with E-state index in [1.54, 1.807) is 22.8 Å². The van der Waals surface area contributed by atoms with Crippen LogP contribution in [0, 0.1) is 11.3 Å². The minimum absolute atomic E-state index is 0.245. The van der Waals surface area contributed by atoms with Crippen LogP contribution in [-0.2, 0) is 6.54 Å². The molecule has 0 atom stereocenters. The van der Waals surface area contributed by atoms with Gasteiger partial charge in [-0.1, -0.05) is 24.6 Å². The summed E-state index contributed by atoms with van der Waals surface area (Å²) in [6.45, 7) is 2.56. The van der Waals surface area contributed by atoms with Crippen molar-refractivity contribution in [2.24, 2.45) is 0 Å². The standard InChI is InChI=1S/C12H11ClN4OS/c1-2-6-17-11(18)15-16-12(17)19-10-5-3-4-9(13)8(10)7-14/h3-5H,2,6H2,1H3,(H,15,18). The van der Waals surface area contributed by atoms with E-state index in [2.05, 4.69) is 16.3 Å². The van der Waals surface area contributed by atoms with E-state index in [1.807, 2.05) is 6.92 Å². The van der Waals surface area contributed by atoms with E-state index < -0.39 is 0 Å². The number of nitriles is 1. The molecule has 1 heterocycles. The quantitative estimate of drug-likeness (QED) is 0.940. The zero-order valence-corrected chi connectivity index (χ0v) is 11.8. The molecule has 1 aromatic carbocycles. The Morgan fingerprint density at radius 1 is 1.58 bits per heavy atom. The number of hydrogen-bond donors (Lipinski definition) is 1. The van der Waals surface area contributed by atoms with E-state index >= 15 is 0 Å². The average molecular weight is 295 g/mol. The van der Waals surface area contributed by atoms with Crippen LogP contribution in [0.5, 0.6) is 0 Å². The van der Waals surface area contributed by atoms with E-state index in [-0.39, 0.29) is 5.69 Å². The van der Waals surface area contributed by atoms with Crippen molar-refractivity contribution in [2.45, 2.75) is 29.9 Å². The van der Waals surface area contributed by atoms with Gasteiger partial charge in [0.1, 0.15) is 6.07 Å². The summed E-state index contributed by atoms with van der Waals surface area (Å²) in [4.78, 5) is 12.3. The average Bonchev–Trinajstić information content (AvgIpc) is 2.72. The summed E-state index contributed by atoms with van der Waals surface area (Å²) >= 11 is 7.22. The molecule has 0 saturated carbocycles. The molecule has 5 nitrogen and oxygen atoms in total. The lowest BCUT2D eigenvalue weighted by molar-refractivity contribution is 0.604. The molecule has 98 valence electrons. The lowest BCUT2D eigenvalue weighted by Crippen LogP contribution is -2.17. The maximum atomic E-state index is 11.6. The van der Waals surface area contributed by atoms with Crippen molar-refractivity contribution in [1.82, 2.24) is 14.8 Å². The summed E-state index contributed by atoms with van der Waals surface area (Å²) < 4.78 is 1.55. The monoisotopic (exact) mass is 294 g/mol. The third-order valence-electron chi connectivity index (χ3n) is 2.46. The van der Waals surface area contributed by atoms with Gasteiger partial charge in [-0.2, -0.15) is 5.26 Å². The summed E-state index contributed by atoms with van der Waals surface area (Å²) in [7, 11) is 0. The van der Waals surface area contributed by atoms with Crippen LogP contribution in [0.3, 0.4) is 0 Å². The first-order chi connectivity index (χ1) is 9.17. The number of aromatic nitrogens is 3. The Morgan fingerprint density at radius 2 is 2.37 bits per heavy atom. The van der Waals surface area contributed by atoms with Crippen LogP contribution in [-0.4, -0.2) is 14.8 Å². The van der Waals surface area contributed by atoms with Crippen LogP contribution < -0.4 is 5.69 Å². The number of nitrogens with one attached hydrogen (secondary N) is 1. The predicted molar refractivity (Wildman–Crippen MR) is 73.4 cm³/mol. The highest BCUT2D eigenvalue weighted by Gasteiger charge is 2.13. The highest BCUT2D eigenvalue weighted by Crippen LogP contribution is 2.31. The Labute approximate surface area is 119 Å². The largest absolute Gasteiger partial charge is 0.343 e. The van der Waals surface area contributed by atoms with Crippen molar-refractivity contribution in [3.05, 3.63) is 39.3 Å². The fourth-order valence-electron chi connectivity index (χ4n) is 1.60. The topological polar surface area (TPSA) is 74.5 Å². The normalized spacial score (nSPS) is 10.4. The molecule has 1 aromatic heterocycles. The second-order valence-corrected chi connectivity index (χ2v) is 5.21. The van der Waals surface area contributed by atoms with Gasteiger partial charge in [-0.05, 0) is 30.3 Å². The molecular weight excluding hydrogens is 284 g/mol. The summed E-state index contributed by atoms with van der Waals surface area (Å²) in [6, 6.07) is 7.27. The Balaban J connectivity index is 2.40. The molecule has 0 unspecified atom stereocenters. The molecule has 0 spiro atoms. The fraction of sp³-hybridized carbons (Fsp3) is 0.250. The van der Waals surface area contributed by atoms with Gasteiger partial charge < -0.3 is 0 Å². The molecule has 0 aliphatic heterocycles. The first-order valence-electron chi connectivity index (χ1n) is 5.69. The molecule has 0 bridgehead atoms. The first kappa shape index (κ1) is 13.7. The smallest absolute Gasteiger partial charge is 0.270 e. The molecular formula is C12H11ClN4OS. The van der Waals surface area contributed by atoms with Gasteiger partial charge in [0.25, 0.3) is 0 Å².